The largest absolute Gasteiger partial charge is 0.501 e. The van der Waals surface area contributed by atoms with E-state index in [-0.39, 0.29) is 12.5 Å². The van der Waals surface area contributed by atoms with Crippen molar-refractivity contribution in [2.24, 2.45) is 5.92 Å². The quantitative estimate of drug-likeness (QED) is 0.832. The standard InChI is InChI=1S/C13H15F3N2O3S/c14-13(15,16)22(20,21)11-5-3-10(4-6-11)17-8-12(19)18-7-9-1-2-9/h3-6,9,17H,1-2,7-8H2,(H,18,19). The van der Waals surface area contributed by atoms with E-state index in [9.17, 15) is 26.4 Å². The second-order valence-corrected chi connectivity index (χ2v) is 7.02. The summed E-state index contributed by atoms with van der Waals surface area (Å²) in [6.07, 6.45) is 2.23. The zero-order valence-corrected chi connectivity index (χ0v) is 12.3. The van der Waals surface area contributed by atoms with Crippen molar-refractivity contribution in [1.29, 1.82) is 0 Å². The molecule has 0 atom stereocenters. The molecule has 0 aliphatic heterocycles. The Balaban J connectivity index is 1.90. The summed E-state index contributed by atoms with van der Waals surface area (Å²) in [5.74, 6) is 0.328. The van der Waals surface area contributed by atoms with E-state index in [0.29, 0.717) is 18.2 Å². The minimum Gasteiger partial charge on any atom is -0.376 e. The fourth-order valence-corrected chi connectivity index (χ4v) is 2.47. The van der Waals surface area contributed by atoms with Crippen molar-refractivity contribution in [3.8, 4) is 0 Å². The Morgan fingerprint density at radius 3 is 2.27 bits per heavy atom. The SMILES string of the molecule is O=C(CNc1ccc(S(=O)(=O)C(F)(F)F)cc1)NCC1CC1. The molecular formula is C13H15F3N2O3S. The van der Waals surface area contributed by atoms with Crippen LogP contribution >= 0.6 is 0 Å². The molecule has 22 heavy (non-hydrogen) atoms. The lowest BCUT2D eigenvalue weighted by molar-refractivity contribution is -0.119. The normalized spacial score (nSPS) is 15.4. The predicted molar refractivity (Wildman–Crippen MR) is 73.9 cm³/mol. The average Bonchev–Trinajstić information content (AvgIpc) is 3.26. The molecule has 0 bridgehead atoms. The molecule has 1 aromatic carbocycles. The van der Waals surface area contributed by atoms with Crippen molar-refractivity contribution in [3.63, 3.8) is 0 Å². The average molecular weight is 336 g/mol. The number of benzene rings is 1. The summed E-state index contributed by atoms with van der Waals surface area (Å²) < 4.78 is 59.5. The van der Waals surface area contributed by atoms with Crippen LogP contribution in [0.15, 0.2) is 29.2 Å². The maximum Gasteiger partial charge on any atom is 0.501 e. The summed E-state index contributed by atoms with van der Waals surface area (Å²) in [6.45, 7) is 0.599. The fraction of sp³-hybridized carbons (Fsp3) is 0.462. The summed E-state index contributed by atoms with van der Waals surface area (Å²) in [7, 11) is -5.34. The summed E-state index contributed by atoms with van der Waals surface area (Å²) in [5.41, 5.74) is -4.97. The summed E-state index contributed by atoms with van der Waals surface area (Å²) >= 11 is 0. The van der Waals surface area contributed by atoms with Crippen LogP contribution in [-0.2, 0) is 14.6 Å². The Kier molecular flexibility index (Phi) is 4.64. The monoisotopic (exact) mass is 336 g/mol. The van der Waals surface area contributed by atoms with Gasteiger partial charge in [-0.25, -0.2) is 8.42 Å². The van der Waals surface area contributed by atoms with Crippen LogP contribution in [0.2, 0.25) is 0 Å². The van der Waals surface area contributed by atoms with Gasteiger partial charge in [0, 0.05) is 12.2 Å². The lowest BCUT2D eigenvalue weighted by Gasteiger charge is -2.10. The molecule has 0 saturated heterocycles. The first-order chi connectivity index (χ1) is 10.2. The molecule has 1 saturated carbocycles. The van der Waals surface area contributed by atoms with Crippen LogP contribution < -0.4 is 10.6 Å². The van der Waals surface area contributed by atoms with Crippen molar-refractivity contribution < 1.29 is 26.4 Å². The molecular weight excluding hydrogens is 321 g/mol. The summed E-state index contributed by atoms with van der Waals surface area (Å²) in [4.78, 5) is 10.7. The van der Waals surface area contributed by atoms with E-state index in [1.807, 2.05) is 0 Å². The van der Waals surface area contributed by atoms with Gasteiger partial charge in [-0.3, -0.25) is 4.79 Å². The molecule has 0 radical (unpaired) electrons. The van der Waals surface area contributed by atoms with Crippen LogP contribution in [0.1, 0.15) is 12.8 Å². The number of anilines is 1. The molecule has 1 fully saturated rings. The van der Waals surface area contributed by atoms with Crippen molar-refractivity contribution in [3.05, 3.63) is 24.3 Å². The van der Waals surface area contributed by atoms with Crippen LogP contribution in [0.5, 0.6) is 0 Å². The third kappa shape index (κ3) is 4.12. The molecule has 5 nitrogen and oxygen atoms in total. The van der Waals surface area contributed by atoms with E-state index < -0.39 is 20.2 Å². The Hall–Kier alpha value is -1.77. The van der Waals surface area contributed by atoms with Gasteiger partial charge in [0.15, 0.2) is 0 Å². The first-order valence-electron chi connectivity index (χ1n) is 6.62. The van der Waals surface area contributed by atoms with Gasteiger partial charge < -0.3 is 10.6 Å². The smallest absolute Gasteiger partial charge is 0.376 e. The van der Waals surface area contributed by atoms with Crippen LogP contribution in [0.4, 0.5) is 18.9 Å². The molecule has 1 aliphatic rings. The molecule has 1 aromatic rings. The Labute approximate surface area is 125 Å². The summed E-state index contributed by atoms with van der Waals surface area (Å²) in [5, 5.41) is 5.44. The third-order valence-corrected chi connectivity index (χ3v) is 4.71. The predicted octanol–water partition coefficient (Wildman–Crippen LogP) is 1.92. The Morgan fingerprint density at radius 1 is 1.18 bits per heavy atom. The Morgan fingerprint density at radius 2 is 1.77 bits per heavy atom. The van der Waals surface area contributed by atoms with Crippen molar-refractivity contribution in [2.45, 2.75) is 23.2 Å². The molecule has 0 spiro atoms. The van der Waals surface area contributed by atoms with E-state index in [1.54, 1.807) is 0 Å². The fourth-order valence-electron chi connectivity index (χ4n) is 1.71. The second-order valence-electron chi connectivity index (χ2n) is 5.07. The van der Waals surface area contributed by atoms with Gasteiger partial charge in [-0.15, -0.1) is 0 Å². The highest BCUT2D eigenvalue weighted by Crippen LogP contribution is 2.30. The number of rotatable bonds is 6. The lowest BCUT2D eigenvalue weighted by Crippen LogP contribution is -2.31. The van der Waals surface area contributed by atoms with Gasteiger partial charge in [0.2, 0.25) is 5.91 Å². The number of alkyl halides is 3. The zero-order chi connectivity index (χ0) is 16.4. The van der Waals surface area contributed by atoms with E-state index in [2.05, 4.69) is 10.6 Å². The number of halogens is 3. The minimum absolute atomic E-state index is 0.0297. The first kappa shape index (κ1) is 16.6. The van der Waals surface area contributed by atoms with Gasteiger partial charge in [0.05, 0.1) is 11.4 Å². The molecule has 2 N–H and O–H groups in total. The van der Waals surface area contributed by atoms with Gasteiger partial charge >= 0.3 is 5.51 Å². The Bertz CT molecular complexity index is 637. The van der Waals surface area contributed by atoms with Crippen LogP contribution in [-0.4, -0.2) is 32.9 Å². The molecule has 122 valence electrons. The van der Waals surface area contributed by atoms with E-state index >= 15 is 0 Å². The molecule has 2 rings (SSSR count). The van der Waals surface area contributed by atoms with E-state index in [1.165, 1.54) is 12.1 Å². The van der Waals surface area contributed by atoms with Gasteiger partial charge in [-0.05, 0) is 43.0 Å². The van der Waals surface area contributed by atoms with Crippen molar-refractivity contribution in [2.75, 3.05) is 18.4 Å². The number of carbonyl (C=O) groups excluding carboxylic acids is 1. The highest BCUT2D eigenvalue weighted by molar-refractivity contribution is 7.92. The zero-order valence-electron chi connectivity index (χ0n) is 11.5. The number of nitrogens with one attached hydrogen (secondary N) is 2. The minimum atomic E-state index is -5.34. The first-order valence-corrected chi connectivity index (χ1v) is 8.10. The van der Waals surface area contributed by atoms with Gasteiger partial charge in [0.25, 0.3) is 9.84 Å². The van der Waals surface area contributed by atoms with Crippen LogP contribution in [0.25, 0.3) is 0 Å². The number of amides is 1. The molecule has 1 aliphatic carbocycles. The third-order valence-electron chi connectivity index (χ3n) is 3.21. The number of hydrogen-bond acceptors (Lipinski definition) is 4. The van der Waals surface area contributed by atoms with Crippen molar-refractivity contribution in [1.82, 2.24) is 5.32 Å². The molecule has 1 amide bonds. The molecule has 0 aromatic heterocycles. The van der Waals surface area contributed by atoms with Gasteiger partial charge in [0.1, 0.15) is 0 Å². The lowest BCUT2D eigenvalue weighted by atomic mass is 10.3. The van der Waals surface area contributed by atoms with Gasteiger partial charge in [-0.2, -0.15) is 13.2 Å². The topological polar surface area (TPSA) is 75.3 Å². The highest BCUT2D eigenvalue weighted by atomic mass is 32.2. The molecule has 0 unspecified atom stereocenters. The molecule has 9 heteroatoms. The highest BCUT2D eigenvalue weighted by Gasteiger charge is 2.46. The van der Waals surface area contributed by atoms with Crippen LogP contribution in [0.3, 0.4) is 0 Å². The second kappa shape index (κ2) is 6.15. The summed E-state index contributed by atoms with van der Waals surface area (Å²) in [6, 6.07) is 4.08. The maximum absolute atomic E-state index is 12.4. The number of hydrogen-bond donors (Lipinski definition) is 2. The number of carbonyl (C=O) groups is 1. The van der Waals surface area contributed by atoms with E-state index in [4.69, 9.17) is 0 Å². The number of sulfone groups is 1. The van der Waals surface area contributed by atoms with Gasteiger partial charge in [-0.1, -0.05) is 0 Å². The molecule has 0 heterocycles. The van der Waals surface area contributed by atoms with Crippen LogP contribution in [0, 0.1) is 5.92 Å². The van der Waals surface area contributed by atoms with Crippen molar-refractivity contribution >= 4 is 21.4 Å². The van der Waals surface area contributed by atoms with E-state index in [0.717, 1.165) is 25.0 Å². The maximum atomic E-state index is 12.4.